The smallest absolute Gasteiger partial charge is 0.311 e. The number of pyridine rings is 2. The van der Waals surface area contributed by atoms with Crippen molar-refractivity contribution in [2.45, 2.75) is 50.9 Å². The number of amides is 1. The largest absolute Gasteiger partial charge is 0.481 e. The molecule has 0 saturated heterocycles. The maximum absolute atomic E-state index is 12.2. The highest BCUT2D eigenvalue weighted by atomic mass is 16.5. The molecule has 8 nitrogen and oxygen atoms in total. The number of rotatable bonds is 12. The minimum Gasteiger partial charge on any atom is -0.481 e. The summed E-state index contributed by atoms with van der Waals surface area (Å²) in [6, 6.07) is 16.8. The number of aromatic nitrogens is 2. The number of carbonyl (C=O) groups excluding carboxylic acids is 1. The van der Waals surface area contributed by atoms with Gasteiger partial charge in [0.25, 0.3) is 0 Å². The summed E-state index contributed by atoms with van der Waals surface area (Å²) in [6.45, 7) is 1.26. The summed E-state index contributed by atoms with van der Waals surface area (Å²) in [5.41, 5.74) is 2.89. The van der Waals surface area contributed by atoms with E-state index in [0.29, 0.717) is 23.6 Å². The Hall–Kier alpha value is -3.94. The quantitative estimate of drug-likeness (QED) is 0.316. The molecule has 4 rings (SSSR count). The maximum Gasteiger partial charge on any atom is 0.311 e. The zero-order chi connectivity index (χ0) is 25.2. The number of fused-ring (bicyclic) bond motifs is 1. The van der Waals surface area contributed by atoms with E-state index in [-0.39, 0.29) is 18.9 Å². The van der Waals surface area contributed by atoms with Gasteiger partial charge < -0.3 is 20.5 Å². The van der Waals surface area contributed by atoms with Gasteiger partial charge in [-0.3, -0.25) is 9.59 Å². The van der Waals surface area contributed by atoms with E-state index in [4.69, 9.17) is 9.72 Å². The van der Waals surface area contributed by atoms with E-state index in [1.807, 2.05) is 30.3 Å². The molecule has 0 spiro atoms. The number of hydrogen-bond acceptors (Lipinski definition) is 6. The Morgan fingerprint density at radius 2 is 1.94 bits per heavy atom. The highest BCUT2D eigenvalue weighted by Gasteiger charge is 2.20. The fraction of sp³-hybridized carbons (Fsp3) is 0.357. The van der Waals surface area contributed by atoms with Crippen molar-refractivity contribution >= 4 is 17.7 Å². The number of nitrogens with one attached hydrogen (secondary N) is 2. The predicted molar refractivity (Wildman–Crippen MR) is 137 cm³/mol. The van der Waals surface area contributed by atoms with Crippen molar-refractivity contribution in [2.24, 2.45) is 0 Å². The van der Waals surface area contributed by atoms with Crippen LogP contribution in [0.25, 0.3) is 0 Å². The summed E-state index contributed by atoms with van der Waals surface area (Å²) >= 11 is 0. The fourth-order valence-corrected chi connectivity index (χ4v) is 4.24. The van der Waals surface area contributed by atoms with Crippen molar-refractivity contribution in [3.8, 4) is 11.6 Å². The lowest BCUT2D eigenvalue weighted by Gasteiger charge is -2.17. The van der Waals surface area contributed by atoms with Crippen molar-refractivity contribution < 1.29 is 19.4 Å². The van der Waals surface area contributed by atoms with Gasteiger partial charge in [-0.25, -0.2) is 9.97 Å². The Balaban J connectivity index is 1.17. The molecule has 0 saturated carbocycles. The minimum absolute atomic E-state index is 0.0658. The van der Waals surface area contributed by atoms with E-state index in [9.17, 15) is 14.7 Å². The summed E-state index contributed by atoms with van der Waals surface area (Å²) in [6.07, 6.45) is 6.89. The van der Waals surface area contributed by atoms with Crippen molar-refractivity contribution in [1.82, 2.24) is 15.3 Å². The van der Waals surface area contributed by atoms with Crippen LogP contribution >= 0.6 is 0 Å². The molecule has 0 bridgehead atoms. The van der Waals surface area contributed by atoms with Gasteiger partial charge >= 0.3 is 5.97 Å². The van der Waals surface area contributed by atoms with E-state index in [0.717, 1.165) is 50.2 Å². The Kier molecular flexibility index (Phi) is 8.86. The highest BCUT2D eigenvalue weighted by Crippen LogP contribution is 2.24. The molecule has 36 heavy (non-hydrogen) atoms. The number of hydrogen-bond donors (Lipinski definition) is 3. The van der Waals surface area contributed by atoms with Crippen LogP contribution in [0.2, 0.25) is 0 Å². The van der Waals surface area contributed by atoms with Crippen molar-refractivity contribution in [3.63, 3.8) is 0 Å². The number of anilines is 1. The van der Waals surface area contributed by atoms with Crippen LogP contribution in [0.15, 0.2) is 60.8 Å². The van der Waals surface area contributed by atoms with Crippen molar-refractivity contribution in [2.75, 3.05) is 18.4 Å². The normalized spacial score (nSPS) is 13.2. The van der Waals surface area contributed by atoms with E-state index >= 15 is 0 Å². The second kappa shape index (κ2) is 12.7. The van der Waals surface area contributed by atoms with Gasteiger partial charge in [-0.05, 0) is 67.9 Å². The number of aryl methyl sites for hydroxylation is 2. The third-order valence-corrected chi connectivity index (χ3v) is 6.22. The standard InChI is InChI=1S/C28H32N4O4/c33-25(11-5-4-8-22-14-12-20-7-6-17-30-27(20)32-22)29-18-16-24(28(34)35)21-13-15-26(31-19-21)36-23-9-2-1-3-10-23/h1-3,9-10,12-15,19,24H,4-8,11,16-18H2,(H,29,33)(H,30,32)(H,34,35). The minimum atomic E-state index is -0.949. The monoisotopic (exact) mass is 488 g/mol. The molecular weight excluding hydrogens is 456 g/mol. The van der Waals surface area contributed by atoms with E-state index in [2.05, 4.69) is 27.8 Å². The fourth-order valence-electron chi connectivity index (χ4n) is 4.24. The van der Waals surface area contributed by atoms with E-state index in [1.54, 1.807) is 12.1 Å². The zero-order valence-electron chi connectivity index (χ0n) is 20.3. The first kappa shape index (κ1) is 25.2. The first-order valence-electron chi connectivity index (χ1n) is 12.5. The molecule has 3 N–H and O–H groups in total. The van der Waals surface area contributed by atoms with Crippen LogP contribution in [0.1, 0.15) is 54.8 Å². The van der Waals surface area contributed by atoms with Gasteiger partial charge in [-0.2, -0.15) is 0 Å². The SMILES string of the molecule is O=C(CCCCc1ccc2c(n1)NCCC2)NCCC(C(=O)O)c1ccc(Oc2ccccc2)nc1. The molecule has 1 aromatic carbocycles. The number of ether oxygens (including phenoxy) is 1. The van der Waals surface area contributed by atoms with Crippen LogP contribution in [0, 0.1) is 0 Å². The number of para-hydroxylation sites is 1. The molecule has 8 heteroatoms. The summed E-state index contributed by atoms with van der Waals surface area (Å²) in [7, 11) is 0. The van der Waals surface area contributed by atoms with Gasteiger partial charge in [0.2, 0.25) is 11.8 Å². The van der Waals surface area contributed by atoms with Crippen molar-refractivity contribution in [3.05, 3.63) is 77.6 Å². The molecular formula is C28H32N4O4. The lowest BCUT2D eigenvalue weighted by Crippen LogP contribution is -2.27. The summed E-state index contributed by atoms with van der Waals surface area (Å²) in [5, 5.41) is 15.9. The third-order valence-electron chi connectivity index (χ3n) is 6.22. The molecule has 2 aromatic heterocycles. The van der Waals surface area contributed by atoms with Crippen LogP contribution < -0.4 is 15.4 Å². The molecule has 1 aliphatic heterocycles. The maximum atomic E-state index is 12.2. The molecule has 1 unspecified atom stereocenters. The molecule has 188 valence electrons. The molecule has 0 aliphatic carbocycles. The third kappa shape index (κ3) is 7.28. The van der Waals surface area contributed by atoms with Gasteiger partial charge in [-0.15, -0.1) is 0 Å². The van der Waals surface area contributed by atoms with Gasteiger partial charge in [0.15, 0.2) is 0 Å². The molecule has 0 radical (unpaired) electrons. The molecule has 1 amide bonds. The van der Waals surface area contributed by atoms with Gasteiger partial charge in [0.1, 0.15) is 11.6 Å². The van der Waals surface area contributed by atoms with Crippen LogP contribution in [0.5, 0.6) is 11.6 Å². The van der Waals surface area contributed by atoms with E-state index in [1.165, 1.54) is 11.8 Å². The average Bonchev–Trinajstić information content (AvgIpc) is 2.90. The number of benzene rings is 1. The van der Waals surface area contributed by atoms with Gasteiger partial charge in [0.05, 0.1) is 5.92 Å². The van der Waals surface area contributed by atoms with E-state index < -0.39 is 11.9 Å². The summed E-state index contributed by atoms with van der Waals surface area (Å²) in [4.78, 5) is 33.0. The average molecular weight is 489 g/mol. The number of carboxylic acids is 1. The molecule has 0 fully saturated rings. The second-order valence-electron chi connectivity index (χ2n) is 8.92. The first-order chi connectivity index (χ1) is 17.6. The topological polar surface area (TPSA) is 113 Å². The zero-order valence-corrected chi connectivity index (χ0v) is 20.3. The first-order valence-corrected chi connectivity index (χ1v) is 12.5. The lowest BCUT2D eigenvalue weighted by molar-refractivity contribution is -0.139. The molecule has 3 heterocycles. The van der Waals surface area contributed by atoms with Gasteiger partial charge in [-0.1, -0.05) is 30.3 Å². The van der Waals surface area contributed by atoms with Crippen molar-refractivity contribution in [1.29, 1.82) is 0 Å². The highest BCUT2D eigenvalue weighted by molar-refractivity contribution is 5.77. The Labute approximate surface area is 211 Å². The molecule has 1 aliphatic rings. The second-order valence-corrected chi connectivity index (χ2v) is 8.92. The number of aliphatic carboxylic acids is 1. The number of carbonyl (C=O) groups is 2. The summed E-state index contributed by atoms with van der Waals surface area (Å²) in [5.74, 6) is 0.277. The summed E-state index contributed by atoms with van der Waals surface area (Å²) < 4.78 is 5.66. The van der Waals surface area contributed by atoms with Gasteiger partial charge in [0, 0.05) is 37.5 Å². The Bertz CT molecular complexity index is 1150. The number of unbranched alkanes of at least 4 members (excludes halogenated alkanes) is 1. The molecule has 1 atom stereocenters. The van der Waals surface area contributed by atoms with Crippen LogP contribution in [-0.2, 0) is 22.4 Å². The van der Waals surface area contributed by atoms with Crippen LogP contribution in [-0.4, -0.2) is 40.0 Å². The molecule has 3 aromatic rings. The Morgan fingerprint density at radius 3 is 2.72 bits per heavy atom. The predicted octanol–water partition coefficient (Wildman–Crippen LogP) is 4.71. The number of carboxylic acid groups (broad SMARTS) is 1. The van der Waals surface area contributed by atoms with Crippen LogP contribution in [0.3, 0.4) is 0 Å². The number of nitrogens with zero attached hydrogens (tertiary/aromatic N) is 2. The van der Waals surface area contributed by atoms with Crippen LogP contribution in [0.4, 0.5) is 5.82 Å². The Morgan fingerprint density at radius 1 is 1.08 bits per heavy atom. The lowest BCUT2D eigenvalue weighted by atomic mass is 9.97.